The van der Waals surface area contributed by atoms with Gasteiger partial charge in [-0.3, -0.25) is 4.72 Å². The van der Waals surface area contributed by atoms with Gasteiger partial charge in [-0.15, -0.1) is 0 Å². The molecule has 0 saturated carbocycles. The van der Waals surface area contributed by atoms with Crippen LogP contribution in [-0.4, -0.2) is 47.2 Å². The molecule has 0 saturated heterocycles. The predicted molar refractivity (Wildman–Crippen MR) is 107 cm³/mol. The third kappa shape index (κ3) is 4.11. The first-order chi connectivity index (χ1) is 12.7. The number of methoxy groups -OCH3 is 1. The van der Waals surface area contributed by atoms with Gasteiger partial charge < -0.3 is 14.4 Å². The number of rotatable bonds is 5. The summed E-state index contributed by atoms with van der Waals surface area (Å²) in [5, 5.41) is 0.407. The number of nitrogens with zero attached hydrogens (tertiary/aromatic N) is 1. The Bertz CT molecular complexity index is 964. The van der Waals surface area contributed by atoms with Crippen LogP contribution in [-0.2, 0) is 16.4 Å². The van der Waals surface area contributed by atoms with E-state index in [1.54, 1.807) is 19.2 Å². The van der Waals surface area contributed by atoms with Crippen molar-refractivity contribution in [2.45, 2.75) is 17.4 Å². The van der Waals surface area contributed by atoms with Gasteiger partial charge in [-0.05, 0) is 50.8 Å². The lowest BCUT2D eigenvalue weighted by atomic mass is 10.00. The summed E-state index contributed by atoms with van der Waals surface area (Å²) in [5.41, 5.74) is 1.17. The summed E-state index contributed by atoms with van der Waals surface area (Å²) in [6.07, 6.45) is 0.683. The van der Waals surface area contributed by atoms with Crippen LogP contribution in [0, 0.1) is 0 Å². The number of anilines is 1. The second-order valence-electron chi connectivity index (χ2n) is 6.44. The SMILES string of the molecule is COc1ccc(NS(=O)(=O)c2ccc(Cl)cc2Cl)c2c1C[C@@H](N(C)C)CO2. The van der Waals surface area contributed by atoms with Crippen LogP contribution in [0.1, 0.15) is 5.56 Å². The number of ether oxygens (including phenoxy) is 2. The molecule has 1 aliphatic heterocycles. The van der Waals surface area contributed by atoms with E-state index in [1.807, 2.05) is 14.1 Å². The molecular formula is C18H20Cl2N2O4S. The van der Waals surface area contributed by atoms with Gasteiger partial charge >= 0.3 is 0 Å². The molecule has 1 atom stereocenters. The number of hydrogen-bond donors (Lipinski definition) is 1. The Labute approximate surface area is 169 Å². The fraction of sp³-hybridized carbons (Fsp3) is 0.333. The highest BCUT2D eigenvalue weighted by atomic mass is 35.5. The maximum atomic E-state index is 12.8. The number of hydrogen-bond acceptors (Lipinski definition) is 5. The Morgan fingerprint density at radius 2 is 1.96 bits per heavy atom. The van der Waals surface area contributed by atoms with Gasteiger partial charge in [0.1, 0.15) is 23.0 Å². The van der Waals surface area contributed by atoms with Crippen LogP contribution in [0.2, 0.25) is 10.0 Å². The summed E-state index contributed by atoms with van der Waals surface area (Å²) in [6.45, 7) is 0.448. The topological polar surface area (TPSA) is 67.9 Å². The Hall–Kier alpha value is -1.67. The van der Waals surface area contributed by atoms with Crippen molar-refractivity contribution in [3.8, 4) is 11.5 Å². The zero-order valence-electron chi connectivity index (χ0n) is 15.1. The van der Waals surface area contributed by atoms with E-state index in [9.17, 15) is 8.42 Å². The zero-order chi connectivity index (χ0) is 19.8. The molecule has 0 amide bonds. The van der Waals surface area contributed by atoms with Crippen molar-refractivity contribution in [2.75, 3.05) is 32.5 Å². The van der Waals surface area contributed by atoms with Gasteiger partial charge in [0, 0.05) is 16.6 Å². The molecule has 0 aliphatic carbocycles. The number of halogens is 2. The minimum atomic E-state index is -3.92. The first kappa shape index (κ1) is 20.1. The Balaban J connectivity index is 2.00. The van der Waals surface area contributed by atoms with E-state index in [-0.39, 0.29) is 16.0 Å². The van der Waals surface area contributed by atoms with Gasteiger partial charge in [-0.2, -0.15) is 0 Å². The zero-order valence-corrected chi connectivity index (χ0v) is 17.5. The van der Waals surface area contributed by atoms with Crippen LogP contribution in [0.4, 0.5) is 5.69 Å². The van der Waals surface area contributed by atoms with Crippen LogP contribution in [0.15, 0.2) is 35.2 Å². The van der Waals surface area contributed by atoms with Crippen LogP contribution in [0.25, 0.3) is 0 Å². The molecular weight excluding hydrogens is 411 g/mol. The van der Waals surface area contributed by atoms with Gasteiger partial charge in [-0.1, -0.05) is 23.2 Å². The molecule has 0 radical (unpaired) electrons. The maximum Gasteiger partial charge on any atom is 0.263 e. The first-order valence-corrected chi connectivity index (χ1v) is 10.4. The minimum absolute atomic E-state index is 0.0472. The summed E-state index contributed by atoms with van der Waals surface area (Å²) >= 11 is 11.9. The average molecular weight is 431 g/mol. The second kappa shape index (κ2) is 7.75. The monoisotopic (exact) mass is 430 g/mol. The van der Waals surface area contributed by atoms with E-state index in [2.05, 4.69) is 9.62 Å². The lowest BCUT2D eigenvalue weighted by Crippen LogP contribution is -2.38. The Morgan fingerprint density at radius 1 is 1.22 bits per heavy atom. The highest BCUT2D eigenvalue weighted by Gasteiger charge is 2.29. The molecule has 1 heterocycles. The van der Waals surface area contributed by atoms with Crippen molar-refractivity contribution >= 4 is 38.9 Å². The number of fused-ring (bicyclic) bond motifs is 1. The number of benzene rings is 2. The third-order valence-electron chi connectivity index (χ3n) is 4.46. The van der Waals surface area contributed by atoms with E-state index in [0.717, 1.165) is 5.56 Å². The van der Waals surface area contributed by atoms with E-state index >= 15 is 0 Å². The number of sulfonamides is 1. The molecule has 1 aliphatic rings. The summed E-state index contributed by atoms with van der Waals surface area (Å²) < 4.78 is 39.5. The summed E-state index contributed by atoms with van der Waals surface area (Å²) in [6, 6.07) is 7.75. The molecule has 2 aromatic rings. The van der Waals surface area contributed by atoms with Crippen molar-refractivity contribution in [3.05, 3.63) is 45.9 Å². The lowest BCUT2D eigenvalue weighted by molar-refractivity contribution is 0.164. The van der Waals surface area contributed by atoms with Crippen molar-refractivity contribution in [1.82, 2.24) is 4.90 Å². The van der Waals surface area contributed by atoms with Gasteiger partial charge in [0.05, 0.1) is 17.8 Å². The molecule has 6 nitrogen and oxygen atoms in total. The molecule has 1 N–H and O–H groups in total. The number of nitrogens with one attached hydrogen (secondary N) is 1. The van der Waals surface area contributed by atoms with E-state index in [1.165, 1.54) is 18.2 Å². The molecule has 9 heteroatoms. The van der Waals surface area contributed by atoms with Crippen LogP contribution in [0.5, 0.6) is 11.5 Å². The van der Waals surface area contributed by atoms with Gasteiger partial charge in [0.15, 0.2) is 0 Å². The van der Waals surface area contributed by atoms with Crippen molar-refractivity contribution in [3.63, 3.8) is 0 Å². The third-order valence-corrected chi connectivity index (χ3v) is 6.54. The summed E-state index contributed by atoms with van der Waals surface area (Å²) in [4.78, 5) is 2.01. The van der Waals surface area contributed by atoms with Gasteiger partial charge in [0.2, 0.25) is 0 Å². The molecule has 146 valence electrons. The molecule has 0 fully saturated rings. The maximum absolute atomic E-state index is 12.8. The Morgan fingerprint density at radius 3 is 2.59 bits per heavy atom. The molecule has 3 rings (SSSR count). The lowest BCUT2D eigenvalue weighted by Gasteiger charge is -2.32. The van der Waals surface area contributed by atoms with Crippen LogP contribution >= 0.6 is 23.2 Å². The average Bonchev–Trinajstić information content (AvgIpc) is 2.60. The molecule has 27 heavy (non-hydrogen) atoms. The van der Waals surface area contributed by atoms with E-state index < -0.39 is 10.0 Å². The van der Waals surface area contributed by atoms with Crippen molar-refractivity contribution in [1.29, 1.82) is 0 Å². The predicted octanol–water partition coefficient (Wildman–Crippen LogP) is 3.67. The molecule has 0 spiro atoms. The fourth-order valence-corrected chi connectivity index (χ4v) is 4.77. The van der Waals surface area contributed by atoms with Crippen LogP contribution in [0.3, 0.4) is 0 Å². The molecule has 0 bridgehead atoms. The van der Waals surface area contributed by atoms with E-state index in [0.29, 0.717) is 35.2 Å². The van der Waals surface area contributed by atoms with Crippen LogP contribution < -0.4 is 14.2 Å². The Kier molecular flexibility index (Phi) is 5.76. The quantitative estimate of drug-likeness (QED) is 0.783. The van der Waals surface area contributed by atoms with Gasteiger partial charge in [-0.25, -0.2) is 8.42 Å². The minimum Gasteiger partial charge on any atom is -0.496 e. The summed E-state index contributed by atoms with van der Waals surface area (Å²) in [7, 11) is 1.61. The standard InChI is InChI=1S/C18H20Cl2N2O4S/c1-22(2)12-9-13-16(25-3)6-5-15(18(13)26-10-12)21-27(23,24)17-7-4-11(19)8-14(17)20/h4-8,12,21H,9-10H2,1-3H3/t12-/m1/s1. The molecule has 0 aromatic heterocycles. The highest BCUT2D eigenvalue weighted by molar-refractivity contribution is 7.92. The van der Waals surface area contributed by atoms with Crippen molar-refractivity contribution < 1.29 is 17.9 Å². The van der Waals surface area contributed by atoms with E-state index in [4.69, 9.17) is 32.7 Å². The smallest absolute Gasteiger partial charge is 0.263 e. The highest BCUT2D eigenvalue weighted by Crippen LogP contribution is 2.41. The normalized spacial score (nSPS) is 16.6. The molecule has 0 unspecified atom stereocenters. The van der Waals surface area contributed by atoms with Crippen molar-refractivity contribution in [2.24, 2.45) is 0 Å². The second-order valence-corrected chi connectivity index (χ2v) is 8.93. The molecule has 2 aromatic carbocycles. The number of likely N-dealkylation sites (N-methyl/N-ethyl adjacent to an activating group) is 1. The summed E-state index contributed by atoms with van der Waals surface area (Å²) in [5.74, 6) is 1.13. The first-order valence-electron chi connectivity index (χ1n) is 8.20. The largest absolute Gasteiger partial charge is 0.496 e. The van der Waals surface area contributed by atoms with Gasteiger partial charge in [0.25, 0.3) is 10.0 Å². The fourth-order valence-electron chi connectivity index (χ4n) is 2.94.